The summed E-state index contributed by atoms with van der Waals surface area (Å²) in [5.74, 6) is 2.41. The van der Waals surface area contributed by atoms with Crippen molar-refractivity contribution >= 4 is 0 Å². The Bertz CT molecular complexity index is 482. The van der Waals surface area contributed by atoms with Gasteiger partial charge in [-0.25, -0.2) is 0 Å². The van der Waals surface area contributed by atoms with Gasteiger partial charge in [0.25, 0.3) is 0 Å². The molecule has 1 heterocycles. The zero-order valence-electron chi connectivity index (χ0n) is 10.1. The first-order chi connectivity index (χ1) is 8.81. The SMILES string of the molecule is CCOc1ccc(OCc2noc(CN)n2)cc1. The molecule has 96 valence electrons. The van der Waals surface area contributed by atoms with Gasteiger partial charge in [0.2, 0.25) is 11.7 Å². The van der Waals surface area contributed by atoms with Crippen LogP contribution in [0.2, 0.25) is 0 Å². The molecule has 0 spiro atoms. The lowest BCUT2D eigenvalue weighted by molar-refractivity contribution is 0.284. The van der Waals surface area contributed by atoms with Gasteiger partial charge in [0.1, 0.15) is 11.5 Å². The summed E-state index contributed by atoms with van der Waals surface area (Å²) in [7, 11) is 0. The first-order valence-electron chi connectivity index (χ1n) is 5.69. The number of ether oxygens (including phenoxy) is 2. The predicted molar refractivity (Wildman–Crippen MR) is 64.1 cm³/mol. The summed E-state index contributed by atoms with van der Waals surface area (Å²) in [5.41, 5.74) is 5.36. The fourth-order valence-electron chi connectivity index (χ4n) is 1.38. The van der Waals surface area contributed by atoms with Gasteiger partial charge in [0.15, 0.2) is 6.61 Å². The Morgan fingerprint density at radius 1 is 1.17 bits per heavy atom. The highest BCUT2D eigenvalue weighted by atomic mass is 16.5. The zero-order valence-corrected chi connectivity index (χ0v) is 10.1. The number of nitrogens with two attached hydrogens (primary N) is 1. The van der Waals surface area contributed by atoms with Crippen LogP contribution >= 0.6 is 0 Å². The van der Waals surface area contributed by atoms with Gasteiger partial charge in [-0.05, 0) is 31.2 Å². The lowest BCUT2D eigenvalue weighted by Crippen LogP contribution is -2.00. The fraction of sp³-hybridized carbons (Fsp3) is 0.333. The second-order valence-corrected chi connectivity index (χ2v) is 3.50. The summed E-state index contributed by atoms with van der Waals surface area (Å²) >= 11 is 0. The Kier molecular flexibility index (Phi) is 4.14. The summed E-state index contributed by atoms with van der Waals surface area (Å²) in [5, 5.41) is 3.73. The maximum Gasteiger partial charge on any atom is 0.240 e. The van der Waals surface area contributed by atoms with Crippen molar-refractivity contribution in [1.82, 2.24) is 10.1 Å². The van der Waals surface area contributed by atoms with Crippen molar-refractivity contribution in [2.24, 2.45) is 5.73 Å². The van der Waals surface area contributed by atoms with Crippen LogP contribution in [0, 0.1) is 0 Å². The Morgan fingerprint density at radius 2 is 1.83 bits per heavy atom. The third kappa shape index (κ3) is 3.21. The van der Waals surface area contributed by atoms with Crippen LogP contribution in [0.1, 0.15) is 18.6 Å². The number of rotatable bonds is 6. The van der Waals surface area contributed by atoms with Crippen LogP contribution in [0.3, 0.4) is 0 Å². The second kappa shape index (κ2) is 6.02. The van der Waals surface area contributed by atoms with Crippen molar-refractivity contribution in [2.75, 3.05) is 6.61 Å². The molecule has 0 aliphatic heterocycles. The normalized spacial score (nSPS) is 10.3. The van der Waals surface area contributed by atoms with Gasteiger partial charge in [-0.1, -0.05) is 5.16 Å². The minimum absolute atomic E-state index is 0.232. The first kappa shape index (κ1) is 12.4. The lowest BCUT2D eigenvalue weighted by atomic mass is 10.3. The molecule has 1 aromatic carbocycles. The smallest absolute Gasteiger partial charge is 0.240 e. The standard InChI is InChI=1S/C12H15N3O3/c1-2-16-9-3-5-10(6-4-9)17-8-11-14-12(7-13)18-15-11/h3-6H,2,7-8,13H2,1H3. The van der Waals surface area contributed by atoms with E-state index in [4.69, 9.17) is 19.7 Å². The van der Waals surface area contributed by atoms with Gasteiger partial charge >= 0.3 is 0 Å². The van der Waals surface area contributed by atoms with Gasteiger partial charge in [0, 0.05) is 0 Å². The van der Waals surface area contributed by atoms with E-state index >= 15 is 0 Å². The van der Waals surface area contributed by atoms with E-state index in [9.17, 15) is 0 Å². The summed E-state index contributed by atoms with van der Waals surface area (Å²) < 4.78 is 15.7. The molecule has 2 aromatic rings. The van der Waals surface area contributed by atoms with Crippen LogP contribution in [0.5, 0.6) is 11.5 Å². The molecule has 0 atom stereocenters. The highest BCUT2D eigenvalue weighted by Gasteiger charge is 2.05. The highest BCUT2D eigenvalue weighted by molar-refractivity contribution is 5.31. The minimum atomic E-state index is 0.232. The third-order valence-corrected chi connectivity index (χ3v) is 2.19. The molecule has 1 aromatic heterocycles. The second-order valence-electron chi connectivity index (χ2n) is 3.50. The molecular formula is C12H15N3O3. The monoisotopic (exact) mass is 249 g/mol. The van der Waals surface area contributed by atoms with E-state index in [1.807, 2.05) is 31.2 Å². The number of hydrogen-bond acceptors (Lipinski definition) is 6. The van der Waals surface area contributed by atoms with Crippen LogP contribution in [-0.2, 0) is 13.2 Å². The van der Waals surface area contributed by atoms with Gasteiger partial charge in [-0.15, -0.1) is 0 Å². The van der Waals surface area contributed by atoms with Gasteiger partial charge in [0.05, 0.1) is 13.2 Å². The molecule has 0 amide bonds. The molecule has 18 heavy (non-hydrogen) atoms. The molecule has 0 fully saturated rings. The van der Waals surface area contributed by atoms with Crippen LogP contribution in [0.15, 0.2) is 28.8 Å². The van der Waals surface area contributed by atoms with E-state index in [0.717, 1.165) is 11.5 Å². The number of hydrogen-bond donors (Lipinski definition) is 1. The highest BCUT2D eigenvalue weighted by Crippen LogP contribution is 2.18. The molecule has 2 rings (SSSR count). The molecule has 6 heteroatoms. The molecule has 0 radical (unpaired) electrons. The van der Waals surface area contributed by atoms with Crippen molar-refractivity contribution in [3.8, 4) is 11.5 Å². The molecule has 0 saturated carbocycles. The molecule has 0 aliphatic carbocycles. The molecule has 0 unspecified atom stereocenters. The summed E-state index contributed by atoms with van der Waals surface area (Å²) in [6.07, 6.45) is 0. The average molecular weight is 249 g/mol. The Morgan fingerprint density at radius 3 is 2.39 bits per heavy atom. The number of nitrogens with zero attached hydrogens (tertiary/aromatic N) is 2. The molecule has 2 N–H and O–H groups in total. The molecule has 6 nitrogen and oxygen atoms in total. The fourth-order valence-corrected chi connectivity index (χ4v) is 1.38. The maximum absolute atomic E-state index is 5.50. The largest absolute Gasteiger partial charge is 0.494 e. The van der Waals surface area contributed by atoms with E-state index in [0.29, 0.717) is 18.3 Å². The lowest BCUT2D eigenvalue weighted by Gasteiger charge is -2.05. The van der Waals surface area contributed by atoms with Crippen molar-refractivity contribution < 1.29 is 14.0 Å². The van der Waals surface area contributed by atoms with Gasteiger partial charge < -0.3 is 19.7 Å². The topological polar surface area (TPSA) is 83.4 Å². The van der Waals surface area contributed by atoms with Crippen molar-refractivity contribution in [3.63, 3.8) is 0 Å². The van der Waals surface area contributed by atoms with Crippen LogP contribution in [0.25, 0.3) is 0 Å². The van der Waals surface area contributed by atoms with E-state index in [-0.39, 0.29) is 13.2 Å². The summed E-state index contributed by atoms with van der Waals surface area (Å²) in [4.78, 5) is 4.04. The zero-order chi connectivity index (χ0) is 12.8. The van der Waals surface area contributed by atoms with E-state index < -0.39 is 0 Å². The average Bonchev–Trinajstić information content (AvgIpc) is 2.86. The molecule has 0 aliphatic rings. The Balaban J connectivity index is 1.89. The Hall–Kier alpha value is -2.08. The van der Waals surface area contributed by atoms with Crippen molar-refractivity contribution in [3.05, 3.63) is 36.0 Å². The molecular weight excluding hydrogens is 234 g/mol. The summed E-state index contributed by atoms with van der Waals surface area (Å²) in [6, 6.07) is 7.35. The minimum Gasteiger partial charge on any atom is -0.494 e. The first-order valence-corrected chi connectivity index (χ1v) is 5.69. The van der Waals surface area contributed by atoms with E-state index in [1.165, 1.54) is 0 Å². The predicted octanol–water partition coefficient (Wildman–Crippen LogP) is 1.51. The Labute approximate surface area is 105 Å². The number of benzene rings is 1. The van der Waals surface area contributed by atoms with Crippen LogP contribution in [-0.4, -0.2) is 16.7 Å². The molecule has 0 bridgehead atoms. The third-order valence-electron chi connectivity index (χ3n) is 2.19. The van der Waals surface area contributed by atoms with Crippen molar-refractivity contribution in [1.29, 1.82) is 0 Å². The van der Waals surface area contributed by atoms with Crippen LogP contribution in [0.4, 0.5) is 0 Å². The quantitative estimate of drug-likeness (QED) is 0.835. The van der Waals surface area contributed by atoms with E-state index in [2.05, 4.69) is 10.1 Å². The summed E-state index contributed by atoms with van der Waals surface area (Å²) in [6.45, 7) is 3.06. The molecule has 0 saturated heterocycles. The van der Waals surface area contributed by atoms with E-state index in [1.54, 1.807) is 0 Å². The number of aromatic nitrogens is 2. The van der Waals surface area contributed by atoms with Gasteiger partial charge in [-0.3, -0.25) is 0 Å². The van der Waals surface area contributed by atoms with Crippen molar-refractivity contribution in [2.45, 2.75) is 20.1 Å². The maximum atomic E-state index is 5.50. The van der Waals surface area contributed by atoms with Gasteiger partial charge in [-0.2, -0.15) is 4.98 Å². The van der Waals surface area contributed by atoms with Crippen LogP contribution < -0.4 is 15.2 Å².